The van der Waals surface area contributed by atoms with Gasteiger partial charge in [-0.15, -0.1) is 0 Å². The van der Waals surface area contributed by atoms with Gasteiger partial charge in [0, 0.05) is 38.8 Å². The van der Waals surface area contributed by atoms with Crippen molar-refractivity contribution in [3.05, 3.63) is 18.0 Å². The molecule has 1 aliphatic carbocycles. The molecule has 2 fully saturated rings. The lowest BCUT2D eigenvalue weighted by Gasteiger charge is -2.16. The second-order valence-electron chi connectivity index (χ2n) is 5.34. The Morgan fingerprint density at radius 1 is 1.44 bits per heavy atom. The molecular formula is C13H20N4O. The van der Waals surface area contributed by atoms with Gasteiger partial charge in [-0.25, -0.2) is 0 Å². The fraction of sp³-hybridized carbons (Fsp3) is 0.692. The maximum Gasteiger partial charge on any atom is 0.239 e. The van der Waals surface area contributed by atoms with E-state index in [1.165, 1.54) is 12.8 Å². The summed E-state index contributed by atoms with van der Waals surface area (Å²) < 4.78 is 1.80. The van der Waals surface area contributed by atoms with Crippen molar-refractivity contribution in [3.63, 3.8) is 0 Å². The van der Waals surface area contributed by atoms with Gasteiger partial charge in [-0.3, -0.25) is 9.48 Å². The Bertz CT molecular complexity index is 438. The SMILES string of the molecule is Cn1ccc(CCN2CCC(NC3CC3)C2=O)n1. The number of rotatable bonds is 5. The summed E-state index contributed by atoms with van der Waals surface area (Å²) in [6.45, 7) is 1.68. The predicted octanol–water partition coefficient (Wildman–Crippen LogP) is 0.315. The van der Waals surface area contributed by atoms with Gasteiger partial charge in [0.05, 0.1) is 11.7 Å². The third-order valence-electron chi connectivity index (χ3n) is 3.72. The van der Waals surface area contributed by atoms with Gasteiger partial charge in [-0.05, 0) is 25.3 Å². The van der Waals surface area contributed by atoms with Crippen LogP contribution in [-0.4, -0.2) is 45.8 Å². The van der Waals surface area contributed by atoms with Gasteiger partial charge in [0.1, 0.15) is 0 Å². The van der Waals surface area contributed by atoms with Crippen LogP contribution in [0.1, 0.15) is 25.0 Å². The van der Waals surface area contributed by atoms with Gasteiger partial charge < -0.3 is 10.2 Å². The highest BCUT2D eigenvalue weighted by atomic mass is 16.2. The summed E-state index contributed by atoms with van der Waals surface area (Å²) in [6.07, 6.45) is 6.22. The van der Waals surface area contributed by atoms with E-state index in [0.717, 1.165) is 31.6 Å². The molecule has 0 radical (unpaired) electrons. The van der Waals surface area contributed by atoms with Crippen molar-refractivity contribution in [1.29, 1.82) is 0 Å². The molecule has 2 aliphatic rings. The quantitative estimate of drug-likeness (QED) is 0.816. The zero-order chi connectivity index (χ0) is 12.5. The maximum atomic E-state index is 12.1. The summed E-state index contributed by atoms with van der Waals surface area (Å²) in [5, 5.41) is 7.76. The number of hydrogen-bond donors (Lipinski definition) is 1. The van der Waals surface area contributed by atoms with Crippen molar-refractivity contribution in [1.82, 2.24) is 20.0 Å². The Kier molecular flexibility index (Phi) is 3.07. The molecule has 1 aromatic rings. The molecule has 0 bridgehead atoms. The number of likely N-dealkylation sites (tertiary alicyclic amines) is 1. The second kappa shape index (κ2) is 4.72. The Morgan fingerprint density at radius 3 is 2.94 bits per heavy atom. The van der Waals surface area contributed by atoms with Crippen molar-refractivity contribution in [2.75, 3.05) is 13.1 Å². The molecule has 0 aromatic carbocycles. The van der Waals surface area contributed by atoms with Crippen LogP contribution < -0.4 is 5.32 Å². The van der Waals surface area contributed by atoms with Gasteiger partial charge >= 0.3 is 0 Å². The van der Waals surface area contributed by atoms with Crippen LogP contribution in [0.15, 0.2) is 12.3 Å². The highest BCUT2D eigenvalue weighted by molar-refractivity contribution is 5.84. The van der Waals surface area contributed by atoms with Crippen LogP contribution in [0.25, 0.3) is 0 Å². The molecule has 5 nitrogen and oxygen atoms in total. The predicted molar refractivity (Wildman–Crippen MR) is 68.1 cm³/mol. The number of hydrogen-bond acceptors (Lipinski definition) is 3. The standard InChI is InChI=1S/C13H20N4O/c1-16-7-4-11(15-16)5-8-17-9-6-12(13(17)18)14-10-2-3-10/h4,7,10,12,14H,2-3,5-6,8-9H2,1H3. The minimum Gasteiger partial charge on any atom is -0.341 e. The van der Waals surface area contributed by atoms with E-state index in [0.29, 0.717) is 6.04 Å². The molecule has 1 amide bonds. The molecule has 1 atom stereocenters. The first-order chi connectivity index (χ1) is 8.72. The van der Waals surface area contributed by atoms with Gasteiger partial charge in [-0.1, -0.05) is 0 Å². The minimum absolute atomic E-state index is 0.0706. The Hall–Kier alpha value is -1.36. The first-order valence-corrected chi connectivity index (χ1v) is 6.76. The molecule has 18 heavy (non-hydrogen) atoms. The largest absolute Gasteiger partial charge is 0.341 e. The van der Waals surface area contributed by atoms with E-state index in [4.69, 9.17) is 0 Å². The number of aryl methyl sites for hydroxylation is 1. The van der Waals surface area contributed by atoms with E-state index in [-0.39, 0.29) is 11.9 Å². The lowest BCUT2D eigenvalue weighted by atomic mass is 10.2. The molecule has 1 N–H and O–H groups in total. The zero-order valence-corrected chi connectivity index (χ0v) is 10.8. The topological polar surface area (TPSA) is 50.2 Å². The average molecular weight is 248 g/mol. The second-order valence-corrected chi connectivity index (χ2v) is 5.34. The molecule has 1 aromatic heterocycles. The summed E-state index contributed by atoms with van der Waals surface area (Å²) >= 11 is 0. The normalized spacial score (nSPS) is 23.9. The summed E-state index contributed by atoms with van der Waals surface area (Å²) in [5.74, 6) is 0.276. The van der Waals surface area contributed by atoms with E-state index in [1.54, 1.807) is 4.68 Å². The van der Waals surface area contributed by atoms with E-state index < -0.39 is 0 Å². The highest BCUT2D eigenvalue weighted by Gasteiger charge is 2.35. The third-order valence-corrected chi connectivity index (χ3v) is 3.72. The summed E-state index contributed by atoms with van der Waals surface area (Å²) in [7, 11) is 1.92. The van der Waals surface area contributed by atoms with Crippen LogP contribution in [0.2, 0.25) is 0 Å². The van der Waals surface area contributed by atoms with Gasteiger partial charge in [-0.2, -0.15) is 5.10 Å². The summed E-state index contributed by atoms with van der Waals surface area (Å²) in [5.41, 5.74) is 1.06. The Balaban J connectivity index is 1.49. The number of aromatic nitrogens is 2. The van der Waals surface area contributed by atoms with Gasteiger partial charge in [0.15, 0.2) is 0 Å². The van der Waals surface area contributed by atoms with Gasteiger partial charge in [0.25, 0.3) is 0 Å². The van der Waals surface area contributed by atoms with Crippen molar-refractivity contribution >= 4 is 5.91 Å². The van der Waals surface area contributed by atoms with Crippen molar-refractivity contribution < 1.29 is 4.79 Å². The monoisotopic (exact) mass is 248 g/mol. The number of carbonyl (C=O) groups is 1. The molecular weight excluding hydrogens is 228 g/mol. The Labute approximate surface area is 107 Å². The van der Waals surface area contributed by atoms with Crippen LogP contribution in [0.5, 0.6) is 0 Å². The molecule has 2 heterocycles. The summed E-state index contributed by atoms with van der Waals surface area (Å²) in [6, 6.07) is 2.69. The van der Waals surface area contributed by atoms with Crippen molar-refractivity contribution in [2.45, 2.75) is 37.8 Å². The third kappa shape index (κ3) is 2.56. The van der Waals surface area contributed by atoms with E-state index in [2.05, 4.69) is 10.4 Å². The smallest absolute Gasteiger partial charge is 0.239 e. The zero-order valence-electron chi connectivity index (χ0n) is 10.8. The van der Waals surface area contributed by atoms with Crippen LogP contribution in [-0.2, 0) is 18.3 Å². The number of nitrogens with zero attached hydrogens (tertiary/aromatic N) is 3. The van der Waals surface area contributed by atoms with Crippen LogP contribution in [0.3, 0.4) is 0 Å². The molecule has 1 saturated carbocycles. The van der Waals surface area contributed by atoms with Crippen molar-refractivity contribution in [2.24, 2.45) is 7.05 Å². The maximum absolute atomic E-state index is 12.1. The molecule has 1 unspecified atom stereocenters. The van der Waals surface area contributed by atoms with Gasteiger partial charge in [0.2, 0.25) is 5.91 Å². The van der Waals surface area contributed by atoms with Crippen molar-refractivity contribution in [3.8, 4) is 0 Å². The Morgan fingerprint density at radius 2 is 2.28 bits per heavy atom. The van der Waals surface area contributed by atoms with E-state index in [1.807, 2.05) is 24.2 Å². The fourth-order valence-electron chi connectivity index (χ4n) is 2.50. The number of amides is 1. The molecule has 1 aliphatic heterocycles. The molecule has 1 saturated heterocycles. The first-order valence-electron chi connectivity index (χ1n) is 6.76. The summed E-state index contributed by atoms with van der Waals surface area (Å²) in [4.78, 5) is 14.1. The lowest BCUT2D eigenvalue weighted by molar-refractivity contribution is -0.129. The van der Waals surface area contributed by atoms with Crippen LogP contribution in [0.4, 0.5) is 0 Å². The lowest BCUT2D eigenvalue weighted by Crippen LogP contribution is -2.39. The first kappa shape index (κ1) is 11.7. The molecule has 98 valence electrons. The van der Waals surface area contributed by atoms with Crippen LogP contribution in [0, 0.1) is 0 Å². The number of nitrogens with one attached hydrogen (secondary N) is 1. The number of carbonyl (C=O) groups excluding carboxylic acids is 1. The molecule has 5 heteroatoms. The molecule has 3 rings (SSSR count). The van der Waals surface area contributed by atoms with E-state index >= 15 is 0 Å². The average Bonchev–Trinajstić information content (AvgIpc) is 2.98. The van der Waals surface area contributed by atoms with Crippen LogP contribution >= 0.6 is 0 Å². The fourth-order valence-corrected chi connectivity index (χ4v) is 2.50. The molecule has 0 spiro atoms. The highest BCUT2D eigenvalue weighted by Crippen LogP contribution is 2.22. The minimum atomic E-state index is 0.0706. The van der Waals surface area contributed by atoms with E-state index in [9.17, 15) is 4.79 Å².